The molecule has 0 aliphatic carbocycles. The molecule has 0 aromatic carbocycles. The van der Waals surface area contributed by atoms with Gasteiger partial charge in [0.25, 0.3) is 0 Å². The number of nitrogens with one attached hydrogen (secondary N) is 1. The molecular formula is C7H6BrN3. The molecule has 0 atom stereocenters. The molecule has 0 fully saturated rings. The third-order valence-corrected chi connectivity index (χ3v) is 2.20. The molecule has 3 nitrogen and oxygen atoms in total. The maximum atomic E-state index is 4.08. The standard InChI is InChI=1S/C7H6BrN3/c1-4-5-2-3-9-7(8)6(5)11-10-4/h2-3H,1H3,(H,10,11). The fourth-order valence-corrected chi connectivity index (χ4v) is 1.46. The van der Waals surface area contributed by atoms with E-state index >= 15 is 0 Å². The third kappa shape index (κ3) is 0.939. The smallest absolute Gasteiger partial charge is 0.134 e. The van der Waals surface area contributed by atoms with Crippen LogP contribution in [0.3, 0.4) is 0 Å². The molecule has 0 saturated carbocycles. The van der Waals surface area contributed by atoms with Crippen LogP contribution in [0, 0.1) is 6.92 Å². The molecule has 0 unspecified atom stereocenters. The van der Waals surface area contributed by atoms with Gasteiger partial charge in [-0.15, -0.1) is 0 Å². The molecule has 11 heavy (non-hydrogen) atoms. The molecule has 0 radical (unpaired) electrons. The van der Waals surface area contributed by atoms with Gasteiger partial charge in [0.05, 0.1) is 0 Å². The summed E-state index contributed by atoms with van der Waals surface area (Å²) in [4.78, 5) is 4.05. The predicted molar refractivity (Wildman–Crippen MR) is 46.3 cm³/mol. The number of fused-ring (bicyclic) bond motifs is 1. The highest BCUT2D eigenvalue weighted by molar-refractivity contribution is 9.10. The molecule has 0 bridgehead atoms. The van der Waals surface area contributed by atoms with E-state index in [9.17, 15) is 0 Å². The Balaban J connectivity index is 2.94. The van der Waals surface area contributed by atoms with E-state index in [2.05, 4.69) is 31.1 Å². The van der Waals surface area contributed by atoms with Crippen molar-refractivity contribution in [2.24, 2.45) is 0 Å². The van der Waals surface area contributed by atoms with E-state index in [1.807, 2.05) is 13.0 Å². The Bertz CT molecular complexity index is 393. The van der Waals surface area contributed by atoms with Gasteiger partial charge in [-0.1, -0.05) is 0 Å². The molecule has 0 aliphatic heterocycles. The lowest BCUT2D eigenvalue weighted by atomic mass is 10.3. The van der Waals surface area contributed by atoms with Crippen molar-refractivity contribution in [1.29, 1.82) is 0 Å². The Morgan fingerprint density at radius 3 is 3.09 bits per heavy atom. The van der Waals surface area contributed by atoms with Crippen LogP contribution in [0.25, 0.3) is 10.9 Å². The van der Waals surface area contributed by atoms with Crippen LogP contribution in [0.1, 0.15) is 5.69 Å². The summed E-state index contributed by atoms with van der Waals surface area (Å²) in [6, 6.07) is 1.94. The number of hydrogen-bond donors (Lipinski definition) is 1. The number of nitrogens with zero attached hydrogens (tertiary/aromatic N) is 2. The number of aryl methyl sites for hydroxylation is 1. The zero-order valence-electron chi connectivity index (χ0n) is 5.93. The van der Waals surface area contributed by atoms with Crippen molar-refractivity contribution in [2.75, 3.05) is 0 Å². The first-order chi connectivity index (χ1) is 5.29. The van der Waals surface area contributed by atoms with Gasteiger partial charge in [0.1, 0.15) is 10.1 Å². The number of aromatic nitrogens is 3. The van der Waals surface area contributed by atoms with Crippen LogP contribution in [-0.4, -0.2) is 15.2 Å². The number of halogens is 1. The lowest BCUT2D eigenvalue weighted by Gasteiger charge is -1.89. The first-order valence-electron chi connectivity index (χ1n) is 3.24. The molecule has 56 valence electrons. The number of H-pyrrole nitrogens is 1. The maximum Gasteiger partial charge on any atom is 0.134 e. The number of hydrogen-bond acceptors (Lipinski definition) is 2. The van der Waals surface area contributed by atoms with Crippen LogP contribution in [0.5, 0.6) is 0 Å². The second-order valence-electron chi connectivity index (χ2n) is 2.35. The topological polar surface area (TPSA) is 41.6 Å². The van der Waals surface area contributed by atoms with Gasteiger partial charge in [-0.3, -0.25) is 5.10 Å². The van der Waals surface area contributed by atoms with Gasteiger partial charge >= 0.3 is 0 Å². The summed E-state index contributed by atoms with van der Waals surface area (Å²) in [6.45, 7) is 1.99. The third-order valence-electron chi connectivity index (χ3n) is 1.62. The fourth-order valence-electron chi connectivity index (χ4n) is 1.04. The van der Waals surface area contributed by atoms with Gasteiger partial charge in [-0.2, -0.15) is 5.10 Å². The Kier molecular flexibility index (Phi) is 1.42. The van der Waals surface area contributed by atoms with Crippen molar-refractivity contribution in [3.8, 4) is 0 Å². The molecule has 0 spiro atoms. The minimum Gasteiger partial charge on any atom is -0.282 e. The maximum absolute atomic E-state index is 4.08. The molecule has 1 N–H and O–H groups in total. The Morgan fingerprint density at radius 1 is 1.55 bits per heavy atom. The lowest BCUT2D eigenvalue weighted by Crippen LogP contribution is -1.75. The monoisotopic (exact) mass is 211 g/mol. The van der Waals surface area contributed by atoms with Crippen LogP contribution < -0.4 is 0 Å². The molecule has 0 aliphatic rings. The Hall–Kier alpha value is -0.900. The van der Waals surface area contributed by atoms with E-state index in [4.69, 9.17) is 0 Å². The van der Waals surface area contributed by atoms with E-state index in [0.29, 0.717) is 0 Å². The zero-order chi connectivity index (χ0) is 7.84. The average molecular weight is 212 g/mol. The van der Waals surface area contributed by atoms with E-state index in [-0.39, 0.29) is 0 Å². The minimum absolute atomic E-state index is 0.791. The van der Waals surface area contributed by atoms with Crippen molar-refractivity contribution in [3.05, 3.63) is 22.6 Å². The van der Waals surface area contributed by atoms with Crippen molar-refractivity contribution >= 4 is 26.8 Å². The second kappa shape index (κ2) is 2.30. The van der Waals surface area contributed by atoms with Crippen molar-refractivity contribution in [3.63, 3.8) is 0 Å². The van der Waals surface area contributed by atoms with Gasteiger partial charge in [0.15, 0.2) is 0 Å². The molecule has 0 saturated heterocycles. The predicted octanol–water partition coefficient (Wildman–Crippen LogP) is 2.03. The summed E-state index contributed by atoms with van der Waals surface area (Å²) in [5, 5.41) is 8.10. The summed E-state index contributed by atoms with van der Waals surface area (Å²) >= 11 is 3.32. The Morgan fingerprint density at radius 2 is 2.36 bits per heavy atom. The SMILES string of the molecule is Cc1[nH]nc2c(Br)nccc12. The lowest BCUT2D eigenvalue weighted by molar-refractivity contribution is 1.06. The van der Waals surface area contributed by atoms with E-state index in [1.165, 1.54) is 0 Å². The van der Waals surface area contributed by atoms with Gasteiger partial charge in [0.2, 0.25) is 0 Å². The quantitative estimate of drug-likeness (QED) is 0.678. The van der Waals surface area contributed by atoms with Crippen LogP contribution in [-0.2, 0) is 0 Å². The van der Waals surface area contributed by atoms with Crippen LogP contribution >= 0.6 is 15.9 Å². The molecule has 2 rings (SSSR count). The normalized spacial score (nSPS) is 10.7. The van der Waals surface area contributed by atoms with Crippen LogP contribution in [0.2, 0.25) is 0 Å². The van der Waals surface area contributed by atoms with E-state index in [0.717, 1.165) is 21.2 Å². The van der Waals surface area contributed by atoms with Crippen LogP contribution in [0.4, 0.5) is 0 Å². The highest BCUT2D eigenvalue weighted by atomic mass is 79.9. The van der Waals surface area contributed by atoms with Crippen LogP contribution in [0.15, 0.2) is 16.9 Å². The summed E-state index contributed by atoms with van der Waals surface area (Å²) in [5.74, 6) is 0. The van der Waals surface area contributed by atoms with Crippen molar-refractivity contribution in [2.45, 2.75) is 6.92 Å². The number of pyridine rings is 1. The molecule has 0 amide bonds. The summed E-state index contributed by atoms with van der Waals surface area (Å²) < 4.78 is 0.791. The molecular weight excluding hydrogens is 206 g/mol. The molecule has 2 heterocycles. The highest BCUT2D eigenvalue weighted by Crippen LogP contribution is 2.20. The Labute approximate surface area is 72.0 Å². The summed E-state index contributed by atoms with van der Waals surface area (Å²) in [5.41, 5.74) is 1.97. The van der Waals surface area contributed by atoms with Gasteiger partial charge in [-0.05, 0) is 28.9 Å². The molecule has 4 heteroatoms. The first kappa shape index (κ1) is 6.79. The molecule has 2 aromatic rings. The first-order valence-corrected chi connectivity index (χ1v) is 4.03. The fraction of sp³-hybridized carbons (Fsp3) is 0.143. The summed E-state index contributed by atoms with van der Waals surface area (Å²) in [6.07, 6.45) is 1.76. The van der Waals surface area contributed by atoms with Gasteiger partial charge in [-0.25, -0.2) is 4.98 Å². The van der Waals surface area contributed by atoms with Crippen molar-refractivity contribution < 1.29 is 0 Å². The average Bonchev–Trinajstić information content (AvgIpc) is 2.35. The largest absolute Gasteiger partial charge is 0.282 e. The second-order valence-corrected chi connectivity index (χ2v) is 3.10. The van der Waals surface area contributed by atoms with Gasteiger partial charge in [0, 0.05) is 17.3 Å². The molecule has 2 aromatic heterocycles. The minimum atomic E-state index is 0.791. The van der Waals surface area contributed by atoms with E-state index < -0.39 is 0 Å². The number of rotatable bonds is 0. The highest BCUT2D eigenvalue weighted by Gasteiger charge is 2.03. The van der Waals surface area contributed by atoms with Crippen molar-refractivity contribution in [1.82, 2.24) is 15.2 Å². The van der Waals surface area contributed by atoms with Gasteiger partial charge < -0.3 is 0 Å². The summed E-state index contributed by atoms with van der Waals surface area (Å²) in [7, 11) is 0. The number of aromatic amines is 1. The van der Waals surface area contributed by atoms with E-state index in [1.54, 1.807) is 6.20 Å². The zero-order valence-corrected chi connectivity index (χ0v) is 7.51.